The van der Waals surface area contributed by atoms with Crippen molar-refractivity contribution in [1.29, 1.82) is 0 Å². The van der Waals surface area contributed by atoms with Gasteiger partial charge in [0.05, 0.1) is 0 Å². The van der Waals surface area contributed by atoms with Crippen LogP contribution >= 0.6 is 11.3 Å². The van der Waals surface area contributed by atoms with E-state index in [-0.39, 0.29) is 6.04 Å². The van der Waals surface area contributed by atoms with Crippen LogP contribution in [0, 0.1) is 0 Å². The number of rotatable bonds is 2. The van der Waals surface area contributed by atoms with E-state index >= 15 is 0 Å². The summed E-state index contributed by atoms with van der Waals surface area (Å²) in [6, 6.07) is 3.63. The van der Waals surface area contributed by atoms with Gasteiger partial charge in [0.25, 0.3) is 0 Å². The molecule has 0 saturated carbocycles. The minimum atomic E-state index is 0.0888. The highest BCUT2D eigenvalue weighted by molar-refractivity contribution is 7.13. The van der Waals surface area contributed by atoms with Crippen LogP contribution in [0.4, 0.5) is 0 Å². The fraction of sp³-hybridized carbons (Fsp3) is 0.429. The normalized spacial score (nSPS) is 13.4. The molecule has 1 heterocycles. The lowest BCUT2D eigenvalue weighted by Crippen LogP contribution is -2.05. The van der Waals surface area contributed by atoms with Crippen molar-refractivity contribution in [2.45, 2.75) is 19.4 Å². The monoisotopic (exact) mass is 157 g/mol. The second-order valence-electron chi connectivity index (χ2n) is 2.19. The summed E-state index contributed by atoms with van der Waals surface area (Å²) in [5.74, 6) is 0. The van der Waals surface area contributed by atoms with Crippen LogP contribution < -0.4 is 5.73 Å². The van der Waals surface area contributed by atoms with Crippen molar-refractivity contribution < 1.29 is 5.11 Å². The third kappa shape index (κ3) is 1.49. The number of hydrogen-bond donors (Lipinski definition) is 2. The minimum Gasteiger partial charge on any atom is -0.499 e. The highest BCUT2D eigenvalue weighted by Crippen LogP contribution is 2.27. The van der Waals surface area contributed by atoms with Gasteiger partial charge in [-0.15, -0.1) is 11.3 Å². The van der Waals surface area contributed by atoms with Crippen LogP contribution in [0.15, 0.2) is 12.1 Å². The molecule has 56 valence electrons. The van der Waals surface area contributed by atoms with Crippen molar-refractivity contribution in [3.05, 3.63) is 17.0 Å². The fourth-order valence-corrected chi connectivity index (χ4v) is 1.57. The van der Waals surface area contributed by atoms with Crippen LogP contribution in [0.2, 0.25) is 0 Å². The Bertz CT molecular complexity index is 209. The van der Waals surface area contributed by atoms with E-state index in [0.717, 1.165) is 11.3 Å². The van der Waals surface area contributed by atoms with E-state index in [1.807, 2.05) is 13.0 Å². The summed E-state index contributed by atoms with van der Waals surface area (Å²) in [5.41, 5.74) is 5.71. The lowest BCUT2D eigenvalue weighted by Gasteiger charge is -2.02. The number of hydrogen-bond acceptors (Lipinski definition) is 3. The van der Waals surface area contributed by atoms with Gasteiger partial charge < -0.3 is 10.8 Å². The molecule has 0 aliphatic rings. The Kier molecular flexibility index (Phi) is 2.29. The van der Waals surface area contributed by atoms with Crippen molar-refractivity contribution in [3.8, 4) is 5.06 Å². The number of aromatic hydroxyl groups is 1. The maximum Gasteiger partial charge on any atom is 0.171 e. The van der Waals surface area contributed by atoms with Crippen LogP contribution in [0.1, 0.15) is 24.3 Å². The zero-order valence-electron chi connectivity index (χ0n) is 5.87. The SMILES string of the molecule is CCC(N)c1ccc(O)s1. The van der Waals surface area contributed by atoms with Gasteiger partial charge in [-0.25, -0.2) is 0 Å². The molecule has 0 aliphatic heterocycles. The molecule has 3 N–H and O–H groups in total. The molecule has 0 radical (unpaired) electrons. The molecular weight excluding hydrogens is 146 g/mol. The predicted octanol–water partition coefficient (Wildman–Crippen LogP) is 1.86. The summed E-state index contributed by atoms with van der Waals surface area (Å²) in [5, 5.41) is 9.31. The van der Waals surface area contributed by atoms with E-state index in [2.05, 4.69) is 0 Å². The summed E-state index contributed by atoms with van der Waals surface area (Å²) in [7, 11) is 0. The van der Waals surface area contributed by atoms with Gasteiger partial charge in [0.15, 0.2) is 5.06 Å². The Morgan fingerprint density at radius 2 is 2.40 bits per heavy atom. The first-order chi connectivity index (χ1) is 4.74. The highest BCUT2D eigenvalue weighted by atomic mass is 32.1. The van der Waals surface area contributed by atoms with E-state index in [1.165, 1.54) is 11.3 Å². The highest BCUT2D eigenvalue weighted by Gasteiger charge is 2.05. The van der Waals surface area contributed by atoms with E-state index in [0.29, 0.717) is 5.06 Å². The molecule has 1 rings (SSSR count). The molecule has 10 heavy (non-hydrogen) atoms. The molecule has 2 nitrogen and oxygen atoms in total. The van der Waals surface area contributed by atoms with Gasteiger partial charge in [-0.2, -0.15) is 0 Å². The Labute approximate surface area is 64.3 Å². The molecule has 3 heteroatoms. The second-order valence-corrected chi connectivity index (χ2v) is 3.28. The second kappa shape index (κ2) is 3.03. The quantitative estimate of drug-likeness (QED) is 0.688. The van der Waals surface area contributed by atoms with E-state index in [4.69, 9.17) is 10.8 Å². The minimum absolute atomic E-state index is 0.0888. The standard InChI is InChI=1S/C7H11NOS/c1-2-5(8)6-3-4-7(9)10-6/h3-5,9H,2,8H2,1H3. The molecular formula is C7H11NOS. The molecule has 0 fully saturated rings. The largest absolute Gasteiger partial charge is 0.499 e. The van der Waals surface area contributed by atoms with E-state index in [9.17, 15) is 0 Å². The molecule has 1 unspecified atom stereocenters. The average Bonchev–Trinajstić information content (AvgIpc) is 2.34. The van der Waals surface area contributed by atoms with Crippen molar-refractivity contribution in [2.24, 2.45) is 5.73 Å². The molecule has 0 aromatic carbocycles. The van der Waals surface area contributed by atoms with Crippen molar-refractivity contribution in [1.82, 2.24) is 0 Å². The lowest BCUT2D eigenvalue weighted by molar-refractivity contribution is 0.491. The van der Waals surface area contributed by atoms with Gasteiger partial charge >= 0.3 is 0 Å². The Hall–Kier alpha value is -0.540. The molecule has 1 aromatic rings. The zero-order chi connectivity index (χ0) is 7.56. The van der Waals surface area contributed by atoms with Gasteiger partial charge in [-0.1, -0.05) is 6.92 Å². The summed E-state index contributed by atoms with van der Waals surface area (Å²) in [6.45, 7) is 2.03. The van der Waals surface area contributed by atoms with Crippen LogP contribution in [-0.4, -0.2) is 5.11 Å². The van der Waals surface area contributed by atoms with Gasteiger partial charge in [-0.05, 0) is 18.6 Å². The molecule has 0 spiro atoms. The molecule has 0 bridgehead atoms. The van der Waals surface area contributed by atoms with Crippen LogP contribution in [-0.2, 0) is 0 Å². The van der Waals surface area contributed by atoms with Gasteiger partial charge in [-0.3, -0.25) is 0 Å². The molecule has 1 atom stereocenters. The molecule has 0 amide bonds. The fourth-order valence-electron chi connectivity index (χ4n) is 0.743. The Balaban J connectivity index is 2.74. The van der Waals surface area contributed by atoms with E-state index in [1.54, 1.807) is 6.07 Å². The van der Waals surface area contributed by atoms with Gasteiger partial charge in [0, 0.05) is 10.9 Å². The Morgan fingerprint density at radius 1 is 1.70 bits per heavy atom. The summed E-state index contributed by atoms with van der Waals surface area (Å²) < 4.78 is 0. The summed E-state index contributed by atoms with van der Waals surface area (Å²) in [4.78, 5) is 1.06. The van der Waals surface area contributed by atoms with Crippen LogP contribution in [0.5, 0.6) is 5.06 Å². The Morgan fingerprint density at radius 3 is 2.80 bits per heavy atom. The molecule has 1 aromatic heterocycles. The zero-order valence-corrected chi connectivity index (χ0v) is 6.69. The van der Waals surface area contributed by atoms with Gasteiger partial charge in [0.1, 0.15) is 0 Å². The predicted molar refractivity (Wildman–Crippen MR) is 43.2 cm³/mol. The smallest absolute Gasteiger partial charge is 0.171 e. The van der Waals surface area contributed by atoms with Crippen molar-refractivity contribution >= 4 is 11.3 Å². The maximum absolute atomic E-state index is 8.96. The maximum atomic E-state index is 8.96. The van der Waals surface area contributed by atoms with E-state index < -0.39 is 0 Å². The first kappa shape index (κ1) is 7.57. The average molecular weight is 157 g/mol. The molecule has 0 saturated heterocycles. The number of nitrogens with two attached hydrogens (primary N) is 1. The third-order valence-corrected chi connectivity index (χ3v) is 2.44. The van der Waals surface area contributed by atoms with Crippen LogP contribution in [0.25, 0.3) is 0 Å². The third-order valence-electron chi connectivity index (χ3n) is 1.42. The number of thiophene rings is 1. The lowest BCUT2D eigenvalue weighted by atomic mass is 10.2. The summed E-state index contributed by atoms with van der Waals surface area (Å²) in [6.07, 6.45) is 0.917. The molecule has 0 aliphatic carbocycles. The van der Waals surface area contributed by atoms with Crippen molar-refractivity contribution in [3.63, 3.8) is 0 Å². The topological polar surface area (TPSA) is 46.2 Å². The van der Waals surface area contributed by atoms with Gasteiger partial charge in [0.2, 0.25) is 0 Å². The first-order valence-corrected chi connectivity index (χ1v) is 4.10. The first-order valence-electron chi connectivity index (χ1n) is 3.28. The van der Waals surface area contributed by atoms with Crippen molar-refractivity contribution in [2.75, 3.05) is 0 Å². The van der Waals surface area contributed by atoms with Crippen LogP contribution in [0.3, 0.4) is 0 Å². The summed E-state index contributed by atoms with van der Waals surface area (Å²) >= 11 is 1.35.